The van der Waals surface area contributed by atoms with Gasteiger partial charge in [-0.05, 0) is 43.0 Å². The van der Waals surface area contributed by atoms with Gasteiger partial charge >= 0.3 is 5.97 Å². The van der Waals surface area contributed by atoms with E-state index in [1.54, 1.807) is 29.2 Å². The Labute approximate surface area is 157 Å². The van der Waals surface area contributed by atoms with Gasteiger partial charge < -0.3 is 19.7 Å². The lowest BCUT2D eigenvalue weighted by molar-refractivity contribution is -0.145. The largest absolute Gasteiger partial charge is 0.462 e. The van der Waals surface area contributed by atoms with Crippen molar-refractivity contribution in [3.63, 3.8) is 0 Å². The minimum absolute atomic E-state index is 0.0241. The van der Waals surface area contributed by atoms with Gasteiger partial charge in [0.25, 0.3) is 5.91 Å². The number of nitrogens with zero attached hydrogens (tertiary/aromatic N) is 1. The minimum atomic E-state index is -0.295. The zero-order valence-electron chi connectivity index (χ0n) is 14.9. The zero-order chi connectivity index (χ0) is 18.5. The van der Waals surface area contributed by atoms with Crippen LogP contribution in [0.5, 0.6) is 0 Å². The number of carbonyl (C=O) groups is 3. The summed E-state index contributed by atoms with van der Waals surface area (Å²) in [7, 11) is 0. The van der Waals surface area contributed by atoms with Crippen LogP contribution in [0.15, 0.2) is 24.3 Å². The number of hydrogen-bond acceptors (Lipinski definition) is 5. The number of ether oxygens (including phenoxy) is 2. The third kappa shape index (κ3) is 2.72. The second-order valence-corrected chi connectivity index (χ2v) is 7.89. The smallest absolute Gasteiger partial charge is 0.310 e. The summed E-state index contributed by atoms with van der Waals surface area (Å²) >= 11 is 0. The van der Waals surface area contributed by atoms with Crippen LogP contribution in [-0.4, -0.2) is 55.1 Å². The molecule has 142 valence electrons. The van der Waals surface area contributed by atoms with Gasteiger partial charge in [-0.1, -0.05) is 0 Å². The first-order chi connectivity index (χ1) is 13.1. The first-order valence-electron chi connectivity index (χ1n) is 9.60. The molecule has 7 nitrogen and oxygen atoms in total. The lowest BCUT2D eigenvalue weighted by Gasteiger charge is -2.27. The van der Waals surface area contributed by atoms with Crippen molar-refractivity contribution in [3.05, 3.63) is 29.8 Å². The predicted molar refractivity (Wildman–Crippen MR) is 94.9 cm³/mol. The molecule has 0 unspecified atom stereocenters. The second-order valence-electron chi connectivity index (χ2n) is 7.89. The Bertz CT molecular complexity index is 784. The average Bonchev–Trinajstić information content (AvgIpc) is 3.31. The Morgan fingerprint density at radius 3 is 2.56 bits per heavy atom. The van der Waals surface area contributed by atoms with Crippen molar-refractivity contribution >= 4 is 23.5 Å². The van der Waals surface area contributed by atoms with E-state index in [-0.39, 0.29) is 47.6 Å². The summed E-state index contributed by atoms with van der Waals surface area (Å²) < 4.78 is 10.7. The van der Waals surface area contributed by atoms with Crippen molar-refractivity contribution in [1.82, 2.24) is 4.90 Å². The number of esters is 1. The molecule has 1 N–H and O–H groups in total. The Kier molecular flexibility index (Phi) is 3.93. The molecule has 4 aliphatic rings. The number of morpholine rings is 1. The number of carbonyl (C=O) groups excluding carboxylic acids is 3. The average molecular weight is 370 g/mol. The van der Waals surface area contributed by atoms with E-state index >= 15 is 0 Å². The van der Waals surface area contributed by atoms with Crippen molar-refractivity contribution in [2.24, 2.45) is 23.7 Å². The van der Waals surface area contributed by atoms with E-state index in [4.69, 9.17) is 9.47 Å². The first-order valence-corrected chi connectivity index (χ1v) is 9.60. The van der Waals surface area contributed by atoms with E-state index in [1.807, 2.05) is 0 Å². The third-order valence-electron chi connectivity index (χ3n) is 6.48. The molecule has 5 atom stereocenters. The van der Waals surface area contributed by atoms with Gasteiger partial charge in [0, 0.05) is 30.3 Å². The highest BCUT2D eigenvalue weighted by atomic mass is 16.6. The highest BCUT2D eigenvalue weighted by Crippen LogP contribution is 2.57. The fourth-order valence-electron chi connectivity index (χ4n) is 5.23. The van der Waals surface area contributed by atoms with Gasteiger partial charge in [-0.15, -0.1) is 0 Å². The molecule has 2 aliphatic carbocycles. The van der Waals surface area contributed by atoms with Crippen LogP contribution in [0.25, 0.3) is 0 Å². The minimum Gasteiger partial charge on any atom is -0.462 e. The summed E-state index contributed by atoms with van der Waals surface area (Å²) in [6, 6.07) is 6.95. The molecule has 1 aromatic carbocycles. The van der Waals surface area contributed by atoms with Gasteiger partial charge in [0.2, 0.25) is 5.91 Å². The van der Waals surface area contributed by atoms with Crippen LogP contribution >= 0.6 is 0 Å². The number of amides is 2. The molecule has 4 fully saturated rings. The number of nitrogens with one attached hydrogen (secondary N) is 1. The summed E-state index contributed by atoms with van der Waals surface area (Å²) in [6.07, 6.45) is 1.74. The molecule has 2 saturated carbocycles. The normalized spacial score (nSPS) is 33.9. The van der Waals surface area contributed by atoms with Gasteiger partial charge in [-0.25, -0.2) is 0 Å². The molecular weight excluding hydrogens is 348 g/mol. The summed E-state index contributed by atoms with van der Waals surface area (Å²) in [5.41, 5.74) is 1.24. The van der Waals surface area contributed by atoms with Crippen molar-refractivity contribution < 1.29 is 23.9 Å². The molecule has 2 saturated heterocycles. The van der Waals surface area contributed by atoms with E-state index in [2.05, 4.69) is 5.32 Å². The molecule has 2 heterocycles. The second kappa shape index (κ2) is 6.34. The maximum absolute atomic E-state index is 12.8. The molecule has 1 aromatic rings. The summed E-state index contributed by atoms with van der Waals surface area (Å²) in [6.45, 7) is 2.32. The van der Waals surface area contributed by atoms with Crippen LogP contribution in [0.2, 0.25) is 0 Å². The molecule has 27 heavy (non-hydrogen) atoms. The molecule has 5 rings (SSSR count). The SMILES string of the molecule is O=C1O[C@@H]2C[C@H]3C[C@@H]2[C@@H]1[C@H]3C(=O)Nc1ccc(C(=O)N2CCOCC2)cc1. The third-order valence-corrected chi connectivity index (χ3v) is 6.48. The van der Waals surface area contributed by atoms with Crippen LogP contribution in [0.3, 0.4) is 0 Å². The lowest BCUT2D eigenvalue weighted by atomic mass is 9.79. The highest BCUT2D eigenvalue weighted by molar-refractivity contribution is 5.98. The van der Waals surface area contributed by atoms with Crippen molar-refractivity contribution in [2.75, 3.05) is 31.6 Å². The number of benzene rings is 1. The fraction of sp³-hybridized carbons (Fsp3) is 0.550. The number of hydrogen-bond donors (Lipinski definition) is 1. The van der Waals surface area contributed by atoms with E-state index in [1.165, 1.54) is 0 Å². The van der Waals surface area contributed by atoms with E-state index in [0.717, 1.165) is 12.8 Å². The Morgan fingerprint density at radius 1 is 1.07 bits per heavy atom. The Morgan fingerprint density at radius 2 is 1.81 bits per heavy atom. The van der Waals surface area contributed by atoms with Gasteiger partial charge in [0.05, 0.1) is 25.0 Å². The van der Waals surface area contributed by atoms with Gasteiger partial charge in [-0.3, -0.25) is 14.4 Å². The number of anilines is 1. The van der Waals surface area contributed by atoms with Gasteiger partial charge in [0.1, 0.15) is 6.10 Å². The van der Waals surface area contributed by atoms with E-state index < -0.39 is 0 Å². The van der Waals surface area contributed by atoms with Crippen molar-refractivity contribution in [2.45, 2.75) is 18.9 Å². The molecule has 2 aliphatic heterocycles. The van der Waals surface area contributed by atoms with Crippen LogP contribution in [0, 0.1) is 23.7 Å². The van der Waals surface area contributed by atoms with Crippen LogP contribution < -0.4 is 5.32 Å². The predicted octanol–water partition coefficient (Wildman–Crippen LogP) is 1.30. The molecule has 0 spiro atoms. The Hall–Kier alpha value is -2.41. The summed E-state index contributed by atoms with van der Waals surface area (Å²) in [5, 5.41) is 2.93. The molecule has 0 aromatic heterocycles. The maximum Gasteiger partial charge on any atom is 0.310 e. The standard InChI is InChI=1S/C20H22N2O5/c23-18(16-12-9-14-15(10-12)27-20(25)17(14)16)21-13-3-1-11(2-4-13)19(24)22-5-7-26-8-6-22/h1-4,12,14-17H,5-10H2,(H,21,23)/t12-,14+,15-,16+,17-/m1/s1. The quantitative estimate of drug-likeness (QED) is 0.811. The number of rotatable bonds is 3. The summed E-state index contributed by atoms with van der Waals surface area (Å²) in [4.78, 5) is 39.1. The molecule has 7 heteroatoms. The molecular formula is C20H22N2O5. The zero-order valence-corrected chi connectivity index (χ0v) is 14.9. The van der Waals surface area contributed by atoms with Crippen LogP contribution in [0.1, 0.15) is 23.2 Å². The van der Waals surface area contributed by atoms with E-state index in [9.17, 15) is 14.4 Å². The fourth-order valence-corrected chi connectivity index (χ4v) is 5.23. The van der Waals surface area contributed by atoms with Gasteiger partial charge in [0.15, 0.2) is 0 Å². The van der Waals surface area contributed by atoms with E-state index in [0.29, 0.717) is 37.6 Å². The topological polar surface area (TPSA) is 84.9 Å². The molecule has 0 radical (unpaired) electrons. The molecule has 2 bridgehead atoms. The van der Waals surface area contributed by atoms with Crippen molar-refractivity contribution in [3.8, 4) is 0 Å². The lowest BCUT2D eigenvalue weighted by Crippen LogP contribution is -2.40. The maximum atomic E-state index is 12.8. The first kappa shape index (κ1) is 16.7. The Balaban J connectivity index is 1.25. The van der Waals surface area contributed by atoms with Crippen LogP contribution in [0.4, 0.5) is 5.69 Å². The number of fused-ring (bicyclic) bond motifs is 1. The van der Waals surface area contributed by atoms with Crippen molar-refractivity contribution in [1.29, 1.82) is 0 Å². The summed E-state index contributed by atoms with van der Waals surface area (Å²) in [5.74, 6) is -0.477. The van der Waals surface area contributed by atoms with Gasteiger partial charge in [-0.2, -0.15) is 0 Å². The van der Waals surface area contributed by atoms with Crippen LogP contribution in [-0.2, 0) is 19.1 Å². The highest BCUT2D eigenvalue weighted by Gasteiger charge is 2.63. The monoisotopic (exact) mass is 370 g/mol. The molecule has 2 amide bonds.